The van der Waals surface area contributed by atoms with Crippen LogP contribution in [0.1, 0.15) is 21.5 Å². The van der Waals surface area contributed by atoms with Gasteiger partial charge in [0.05, 0.1) is 19.8 Å². The summed E-state index contributed by atoms with van der Waals surface area (Å²) in [6.45, 7) is 0. The Morgan fingerprint density at radius 1 is 0.958 bits per heavy atom. The van der Waals surface area contributed by atoms with Gasteiger partial charge in [-0.05, 0) is 29.8 Å². The molecule has 0 aliphatic rings. The predicted octanol–water partition coefficient (Wildman–Crippen LogP) is 4.62. The summed E-state index contributed by atoms with van der Waals surface area (Å²) < 4.78 is 49.2. The Balaban J connectivity index is 2.40. The molecule has 2 aromatic rings. The number of rotatable bonds is 5. The molecule has 2 rings (SSSR count). The first-order valence-electron chi connectivity index (χ1n) is 6.98. The van der Waals surface area contributed by atoms with Gasteiger partial charge in [-0.3, -0.25) is 4.79 Å². The van der Waals surface area contributed by atoms with Crippen molar-refractivity contribution in [2.45, 2.75) is 6.18 Å². The number of allylic oxidation sites excluding steroid dienone is 1. The third-order valence-corrected chi connectivity index (χ3v) is 3.35. The summed E-state index contributed by atoms with van der Waals surface area (Å²) in [7, 11) is 2.79. The summed E-state index contributed by atoms with van der Waals surface area (Å²) in [5.74, 6) is 0.0579. The van der Waals surface area contributed by atoms with Crippen LogP contribution in [0.5, 0.6) is 11.5 Å². The van der Waals surface area contributed by atoms with E-state index in [1.165, 1.54) is 32.4 Å². The second-order valence-electron chi connectivity index (χ2n) is 4.82. The maximum absolute atomic E-state index is 13.0. The number of carbonyl (C=O) groups excluding carboxylic acids is 1. The van der Waals surface area contributed by atoms with Gasteiger partial charge in [0.15, 0.2) is 5.78 Å². The lowest BCUT2D eigenvalue weighted by Gasteiger charge is -2.11. The Kier molecular flexibility index (Phi) is 5.28. The van der Waals surface area contributed by atoms with Gasteiger partial charge in [0.25, 0.3) is 0 Å². The summed E-state index contributed by atoms with van der Waals surface area (Å²) in [5, 5.41) is 0. The van der Waals surface area contributed by atoms with E-state index in [2.05, 4.69) is 0 Å². The highest BCUT2D eigenvalue weighted by Crippen LogP contribution is 2.33. The molecule has 0 bridgehead atoms. The molecule has 0 aliphatic carbocycles. The number of alkyl halides is 3. The van der Waals surface area contributed by atoms with E-state index in [1.807, 2.05) is 0 Å². The minimum absolute atomic E-state index is 0.0905. The van der Waals surface area contributed by atoms with Crippen LogP contribution in [0.2, 0.25) is 0 Å². The average Bonchev–Trinajstić information content (AvgIpc) is 2.58. The Morgan fingerprint density at radius 2 is 1.54 bits per heavy atom. The summed E-state index contributed by atoms with van der Waals surface area (Å²) in [6.07, 6.45) is -2.28. The van der Waals surface area contributed by atoms with Gasteiger partial charge in [-0.25, -0.2) is 0 Å². The van der Waals surface area contributed by atoms with Crippen molar-refractivity contribution < 1.29 is 27.4 Å². The summed E-state index contributed by atoms with van der Waals surface area (Å²) in [6, 6.07) is 9.84. The smallest absolute Gasteiger partial charge is 0.416 e. The molecule has 3 nitrogen and oxygen atoms in total. The molecule has 0 aliphatic heterocycles. The van der Waals surface area contributed by atoms with Crippen molar-refractivity contribution in [2.24, 2.45) is 0 Å². The molecule has 6 heteroatoms. The first-order valence-corrected chi connectivity index (χ1v) is 6.98. The van der Waals surface area contributed by atoms with Crippen molar-refractivity contribution in [1.82, 2.24) is 0 Å². The molecule has 0 aromatic heterocycles. The number of ether oxygens (including phenoxy) is 2. The summed E-state index contributed by atoms with van der Waals surface area (Å²) in [4.78, 5) is 12.4. The number of methoxy groups -OCH3 is 2. The zero-order valence-electron chi connectivity index (χ0n) is 13.1. The van der Waals surface area contributed by atoms with E-state index in [4.69, 9.17) is 9.47 Å². The highest BCUT2D eigenvalue weighted by molar-refractivity contribution is 6.10. The molecule has 0 atom stereocenters. The van der Waals surface area contributed by atoms with E-state index in [0.717, 1.165) is 18.2 Å². The van der Waals surface area contributed by atoms with Crippen molar-refractivity contribution in [2.75, 3.05) is 14.2 Å². The lowest BCUT2D eigenvalue weighted by molar-refractivity contribution is -0.137. The van der Waals surface area contributed by atoms with Gasteiger partial charge in [0.1, 0.15) is 17.1 Å². The number of hydrogen-bond acceptors (Lipinski definition) is 3. The topological polar surface area (TPSA) is 35.5 Å². The van der Waals surface area contributed by atoms with Crippen LogP contribution >= 0.6 is 0 Å². The Labute approximate surface area is 137 Å². The molecule has 0 heterocycles. The molecule has 24 heavy (non-hydrogen) atoms. The maximum Gasteiger partial charge on any atom is 0.416 e. The summed E-state index contributed by atoms with van der Waals surface area (Å²) in [5.41, 5.74) is -0.739. The number of benzene rings is 2. The van der Waals surface area contributed by atoms with Crippen molar-refractivity contribution in [3.8, 4) is 11.5 Å². The van der Waals surface area contributed by atoms with Gasteiger partial charge >= 0.3 is 6.18 Å². The van der Waals surface area contributed by atoms with Crippen LogP contribution in [-0.2, 0) is 6.18 Å². The van der Waals surface area contributed by atoms with Crippen molar-refractivity contribution >= 4 is 11.9 Å². The quantitative estimate of drug-likeness (QED) is 0.590. The third kappa shape index (κ3) is 3.76. The standard InChI is InChI=1S/C18H15F3O3/c1-23-15-8-5-9-16(24-2)17(15)14(22)11-10-12-6-3-4-7-13(12)18(19,20)21/h3-11H,1-2H3/b11-10+. The zero-order valence-corrected chi connectivity index (χ0v) is 13.1. The minimum Gasteiger partial charge on any atom is -0.496 e. The second kappa shape index (κ2) is 7.21. The number of hydrogen-bond donors (Lipinski definition) is 0. The monoisotopic (exact) mass is 336 g/mol. The lowest BCUT2D eigenvalue weighted by atomic mass is 10.0. The molecular weight excluding hydrogens is 321 g/mol. The molecule has 0 saturated carbocycles. The largest absolute Gasteiger partial charge is 0.496 e. The molecule has 126 valence electrons. The molecular formula is C18H15F3O3. The van der Waals surface area contributed by atoms with Crippen LogP contribution in [0.15, 0.2) is 48.5 Å². The van der Waals surface area contributed by atoms with Crippen LogP contribution in [-0.4, -0.2) is 20.0 Å². The van der Waals surface area contributed by atoms with Crippen LogP contribution in [0, 0.1) is 0 Å². The van der Waals surface area contributed by atoms with Gasteiger partial charge in [0, 0.05) is 0 Å². The maximum atomic E-state index is 13.0. The predicted molar refractivity (Wildman–Crippen MR) is 84.4 cm³/mol. The second-order valence-corrected chi connectivity index (χ2v) is 4.82. The van der Waals surface area contributed by atoms with Crippen LogP contribution < -0.4 is 9.47 Å². The lowest BCUT2D eigenvalue weighted by Crippen LogP contribution is -2.07. The fourth-order valence-corrected chi connectivity index (χ4v) is 2.24. The molecule has 0 radical (unpaired) electrons. The van der Waals surface area contributed by atoms with E-state index in [0.29, 0.717) is 0 Å². The van der Waals surface area contributed by atoms with Gasteiger partial charge in [-0.15, -0.1) is 0 Å². The van der Waals surface area contributed by atoms with Gasteiger partial charge in [-0.1, -0.05) is 30.3 Å². The van der Waals surface area contributed by atoms with Crippen molar-refractivity contribution in [3.05, 3.63) is 65.2 Å². The number of ketones is 1. The van der Waals surface area contributed by atoms with E-state index in [1.54, 1.807) is 18.2 Å². The van der Waals surface area contributed by atoms with E-state index in [9.17, 15) is 18.0 Å². The SMILES string of the molecule is COc1cccc(OC)c1C(=O)/C=C/c1ccccc1C(F)(F)F. The fraction of sp³-hybridized carbons (Fsp3) is 0.167. The molecule has 0 fully saturated rings. The van der Waals surface area contributed by atoms with Gasteiger partial charge in [0.2, 0.25) is 0 Å². The van der Waals surface area contributed by atoms with Crippen LogP contribution in [0.25, 0.3) is 6.08 Å². The zero-order chi connectivity index (χ0) is 17.7. The number of carbonyl (C=O) groups is 1. The Bertz CT molecular complexity index is 742. The van der Waals surface area contributed by atoms with Gasteiger partial charge in [-0.2, -0.15) is 13.2 Å². The normalized spacial score (nSPS) is 11.5. The molecule has 2 aromatic carbocycles. The summed E-state index contributed by atoms with van der Waals surface area (Å²) >= 11 is 0. The highest BCUT2D eigenvalue weighted by atomic mass is 19.4. The average molecular weight is 336 g/mol. The minimum atomic E-state index is -4.49. The van der Waals surface area contributed by atoms with Crippen LogP contribution in [0.3, 0.4) is 0 Å². The Morgan fingerprint density at radius 3 is 2.08 bits per heavy atom. The highest BCUT2D eigenvalue weighted by Gasteiger charge is 2.32. The fourth-order valence-electron chi connectivity index (χ4n) is 2.24. The molecule has 0 saturated heterocycles. The van der Waals surface area contributed by atoms with E-state index < -0.39 is 17.5 Å². The Hall–Kier alpha value is -2.76. The molecule has 0 unspecified atom stereocenters. The third-order valence-electron chi connectivity index (χ3n) is 3.35. The van der Waals surface area contributed by atoms with Crippen molar-refractivity contribution in [1.29, 1.82) is 0 Å². The number of halogens is 3. The first kappa shape index (κ1) is 17.6. The van der Waals surface area contributed by atoms with E-state index >= 15 is 0 Å². The molecule has 0 N–H and O–H groups in total. The van der Waals surface area contributed by atoms with Crippen LogP contribution in [0.4, 0.5) is 13.2 Å². The van der Waals surface area contributed by atoms with Gasteiger partial charge < -0.3 is 9.47 Å². The van der Waals surface area contributed by atoms with E-state index in [-0.39, 0.29) is 22.6 Å². The molecule has 0 spiro atoms. The molecule has 0 amide bonds. The first-order chi connectivity index (χ1) is 11.4. The van der Waals surface area contributed by atoms with Crippen molar-refractivity contribution in [3.63, 3.8) is 0 Å².